The number of carbonyl (C=O) groups excluding carboxylic acids is 1. The van der Waals surface area contributed by atoms with E-state index in [0.717, 1.165) is 5.56 Å². The molecule has 1 aromatic heterocycles. The zero-order chi connectivity index (χ0) is 22.4. The fourth-order valence-corrected chi connectivity index (χ4v) is 3.76. The number of hydrogen-bond donors (Lipinski definition) is 1. The molecule has 164 valence electrons. The maximum atomic E-state index is 12.3. The SMILES string of the molecule is COc1ccc(CCNC(=O)c2ccc(COc3c(Cl)cc(Cl)cc3Cl)o2)cc1OC. The number of hydrogen-bond acceptors (Lipinski definition) is 5. The average Bonchev–Trinajstić information content (AvgIpc) is 3.22. The van der Waals surface area contributed by atoms with Crippen molar-refractivity contribution in [2.24, 2.45) is 0 Å². The molecule has 2 aromatic carbocycles. The summed E-state index contributed by atoms with van der Waals surface area (Å²) in [7, 11) is 3.16. The molecule has 0 bridgehead atoms. The Balaban J connectivity index is 1.52. The lowest BCUT2D eigenvalue weighted by molar-refractivity contribution is 0.0922. The van der Waals surface area contributed by atoms with Crippen LogP contribution in [0, 0.1) is 0 Å². The summed E-state index contributed by atoms with van der Waals surface area (Å²) >= 11 is 18.1. The minimum Gasteiger partial charge on any atom is -0.493 e. The van der Waals surface area contributed by atoms with Gasteiger partial charge in [-0.25, -0.2) is 0 Å². The van der Waals surface area contributed by atoms with Gasteiger partial charge in [0.2, 0.25) is 0 Å². The van der Waals surface area contributed by atoms with Crippen LogP contribution < -0.4 is 19.5 Å². The molecular formula is C22H20Cl3NO5. The van der Waals surface area contributed by atoms with Crippen molar-refractivity contribution in [1.29, 1.82) is 0 Å². The van der Waals surface area contributed by atoms with Gasteiger partial charge in [-0.05, 0) is 48.4 Å². The summed E-state index contributed by atoms with van der Waals surface area (Å²) in [6.07, 6.45) is 0.621. The molecule has 0 unspecified atom stereocenters. The van der Waals surface area contributed by atoms with Crippen LogP contribution in [0.4, 0.5) is 0 Å². The normalized spacial score (nSPS) is 10.6. The van der Waals surface area contributed by atoms with E-state index in [4.69, 9.17) is 53.4 Å². The van der Waals surface area contributed by atoms with Gasteiger partial charge in [-0.3, -0.25) is 4.79 Å². The highest BCUT2D eigenvalue weighted by atomic mass is 35.5. The molecule has 0 atom stereocenters. The highest BCUT2D eigenvalue weighted by Gasteiger charge is 2.14. The third-order valence-corrected chi connectivity index (χ3v) is 5.13. The smallest absolute Gasteiger partial charge is 0.287 e. The van der Waals surface area contributed by atoms with E-state index in [1.54, 1.807) is 26.4 Å². The van der Waals surface area contributed by atoms with Gasteiger partial charge in [0.15, 0.2) is 23.0 Å². The number of rotatable bonds is 9. The van der Waals surface area contributed by atoms with Gasteiger partial charge in [0, 0.05) is 11.6 Å². The van der Waals surface area contributed by atoms with Crippen molar-refractivity contribution in [2.75, 3.05) is 20.8 Å². The largest absolute Gasteiger partial charge is 0.493 e. The van der Waals surface area contributed by atoms with Crippen LogP contribution in [0.25, 0.3) is 0 Å². The zero-order valence-electron chi connectivity index (χ0n) is 16.8. The van der Waals surface area contributed by atoms with Gasteiger partial charge in [-0.1, -0.05) is 40.9 Å². The third-order valence-electron chi connectivity index (χ3n) is 4.35. The van der Waals surface area contributed by atoms with Crippen molar-refractivity contribution in [1.82, 2.24) is 5.32 Å². The molecule has 1 amide bonds. The third kappa shape index (κ3) is 6.00. The molecule has 1 N–H and O–H groups in total. The first kappa shape index (κ1) is 23.1. The van der Waals surface area contributed by atoms with Crippen LogP contribution in [0.15, 0.2) is 46.9 Å². The number of nitrogens with one attached hydrogen (secondary N) is 1. The minimum absolute atomic E-state index is 0.0556. The number of furan rings is 1. The Kier molecular flexibility index (Phi) is 7.96. The summed E-state index contributed by atoms with van der Waals surface area (Å²) in [5.41, 5.74) is 1.00. The van der Waals surface area contributed by atoms with Crippen LogP contribution in [0.3, 0.4) is 0 Å². The predicted octanol–water partition coefficient (Wildman–Crippen LogP) is 5.81. The highest BCUT2D eigenvalue weighted by Crippen LogP contribution is 2.36. The number of carbonyl (C=O) groups is 1. The van der Waals surface area contributed by atoms with Crippen molar-refractivity contribution < 1.29 is 23.4 Å². The Morgan fingerprint density at radius 3 is 2.35 bits per heavy atom. The topological polar surface area (TPSA) is 69.9 Å². The first-order valence-corrected chi connectivity index (χ1v) is 10.4. The molecule has 9 heteroatoms. The van der Waals surface area contributed by atoms with Crippen LogP contribution in [0.2, 0.25) is 15.1 Å². The quantitative estimate of drug-likeness (QED) is 0.415. The van der Waals surface area contributed by atoms with Crippen molar-refractivity contribution in [3.63, 3.8) is 0 Å². The summed E-state index contributed by atoms with van der Waals surface area (Å²) in [4.78, 5) is 12.3. The number of benzene rings is 2. The van der Waals surface area contributed by atoms with Crippen LogP contribution in [0.1, 0.15) is 21.9 Å². The summed E-state index contributed by atoms with van der Waals surface area (Å²) in [6.45, 7) is 0.483. The van der Waals surface area contributed by atoms with Crippen LogP contribution in [-0.2, 0) is 13.0 Å². The van der Waals surface area contributed by atoms with Crippen LogP contribution >= 0.6 is 34.8 Å². The molecule has 0 aliphatic carbocycles. The lowest BCUT2D eigenvalue weighted by atomic mass is 10.1. The lowest BCUT2D eigenvalue weighted by Gasteiger charge is -2.10. The number of amides is 1. The van der Waals surface area contributed by atoms with E-state index in [-0.39, 0.29) is 28.3 Å². The Morgan fingerprint density at radius 2 is 1.68 bits per heavy atom. The first-order chi connectivity index (χ1) is 14.9. The molecular weight excluding hydrogens is 465 g/mol. The van der Waals surface area contributed by atoms with E-state index in [9.17, 15) is 4.79 Å². The van der Waals surface area contributed by atoms with Gasteiger partial charge < -0.3 is 23.9 Å². The Labute approximate surface area is 194 Å². The summed E-state index contributed by atoms with van der Waals surface area (Å²) < 4.78 is 21.7. The first-order valence-electron chi connectivity index (χ1n) is 9.26. The molecule has 1 heterocycles. The van der Waals surface area contributed by atoms with Gasteiger partial charge in [0.1, 0.15) is 12.4 Å². The average molecular weight is 485 g/mol. The van der Waals surface area contributed by atoms with Gasteiger partial charge in [0.25, 0.3) is 5.91 Å². The number of halogens is 3. The molecule has 0 saturated heterocycles. The van der Waals surface area contributed by atoms with Gasteiger partial charge in [-0.2, -0.15) is 0 Å². The van der Waals surface area contributed by atoms with Crippen molar-refractivity contribution >= 4 is 40.7 Å². The fourth-order valence-electron chi connectivity index (χ4n) is 2.83. The second-order valence-electron chi connectivity index (χ2n) is 6.45. The minimum atomic E-state index is -0.325. The van der Waals surface area contributed by atoms with E-state index < -0.39 is 0 Å². The Hall–Kier alpha value is -2.54. The molecule has 0 saturated carbocycles. The van der Waals surface area contributed by atoms with Gasteiger partial charge in [0.05, 0.1) is 24.3 Å². The van der Waals surface area contributed by atoms with E-state index in [1.165, 1.54) is 12.1 Å². The van der Waals surface area contributed by atoms with Gasteiger partial charge >= 0.3 is 0 Å². The van der Waals surface area contributed by atoms with Crippen molar-refractivity contribution in [3.8, 4) is 17.2 Å². The molecule has 0 fully saturated rings. The Bertz CT molecular complexity index is 1040. The van der Waals surface area contributed by atoms with Gasteiger partial charge in [-0.15, -0.1) is 0 Å². The van der Waals surface area contributed by atoms with Crippen molar-refractivity contribution in [2.45, 2.75) is 13.0 Å². The molecule has 31 heavy (non-hydrogen) atoms. The molecule has 0 aliphatic rings. The van der Waals surface area contributed by atoms with E-state index >= 15 is 0 Å². The number of ether oxygens (including phenoxy) is 3. The zero-order valence-corrected chi connectivity index (χ0v) is 19.1. The molecule has 0 spiro atoms. The Morgan fingerprint density at radius 1 is 0.968 bits per heavy atom. The summed E-state index contributed by atoms with van der Waals surface area (Å²) in [5.74, 6) is 1.90. The fraction of sp³-hybridized carbons (Fsp3) is 0.227. The van der Waals surface area contributed by atoms with Crippen LogP contribution in [0.5, 0.6) is 17.2 Å². The second-order valence-corrected chi connectivity index (χ2v) is 7.70. The molecule has 6 nitrogen and oxygen atoms in total. The summed E-state index contributed by atoms with van der Waals surface area (Å²) in [6, 6.07) is 11.9. The van der Waals surface area contributed by atoms with E-state index in [1.807, 2.05) is 18.2 Å². The molecule has 3 aromatic rings. The lowest BCUT2D eigenvalue weighted by Crippen LogP contribution is -2.25. The standard InChI is InChI=1S/C22H20Cl3NO5/c1-28-18-5-3-13(9-20(18)29-2)7-8-26-22(27)19-6-4-15(31-19)12-30-21-16(24)10-14(23)11-17(21)25/h3-6,9-11H,7-8,12H2,1-2H3,(H,26,27). The van der Waals surface area contributed by atoms with E-state index in [2.05, 4.69) is 5.32 Å². The van der Waals surface area contributed by atoms with Crippen molar-refractivity contribution in [3.05, 3.63) is 74.6 Å². The predicted molar refractivity (Wildman–Crippen MR) is 120 cm³/mol. The van der Waals surface area contributed by atoms with E-state index in [0.29, 0.717) is 41.0 Å². The second kappa shape index (κ2) is 10.7. The van der Waals surface area contributed by atoms with Crippen LogP contribution in [-0.4, -0.2) is 26.7 Å². The maximum absolute atomic E-state index is 12.3. The maximum Gasteiger partial charge on any atom is 0.287 e. The molecule has 0 radical (unpaired) electrons. The monoisotopic (exact) mass is 483 g/mol. The highest BCUT2D eigenvalue weighted by molar-refractivity contribution is 6.40. The molecule has 0 aliphatic heterocycles. The molecule has 3 rings (SSSR count). The summed E-state index contributed by atoms with van der Waals surface area (Å²) in [5, 5.41) is 3.81. The number of methoxy groups -OCH3 is 2.